The molecule has 158 valence electrons. The summed E-state index contributed by atoms with van der Waals surface area (Å²) >= 11 is 0. The Morgan fingerprint density at radius 2 is 1.75 bits per heavy atom. The van der Waals surface area contributed by atoms with Crippen molar-refractivity contribution in [2.75, 3.05) is 5.32 Å². The van der Waals surface area contributed by atoms with Crippen LogP contribution in [0.3, 0.4) is 0 Å². The second kappa shape index (κ2) is 9.82. The lowest BCUT2D eigenvalue weighted by molar-refractivity contribution is -0.384. The highest BCUT2D eigenvalue weighted by Gasteiger charge is 2.13. The van der Waals surface area contributed by atoms with Gasteiger partial charge in [0.2, 0.25) is 0 Å². The standard InChI is InChI=1S/C24H17N3O5/c1-16-5-9-18(10-6-16)24(29)32-22-11-7-17(8-12-22)13-19(15-25)23(28)26-20-3-2-4-21(14-20)27(30)31/h2-14H,1H3,(H,26,28)/b19-13+. The second-order valence-corrected chi connectivity index (χ2v) is 6.76. The molecule has 32 heavy (non-hydrogen) atoms. The quantitative estimate of drug-likeness (QED) is 0.152. The number of nitro benzene ring substituents is 1. The van der Waals surface area contributed by atoms with Crippen molar-refractivity contribution < 1.29 is 19.2 Å². The number of nitrogens with one attached hydrogen (secondary N) is 1. The van der Waals surface area contributed by atoms with Crippen LogP contribution < -0.4 is 10.1 Å². The van der Waals surface area contributed by atoms with E-state index in [-0.39, 0.29) is 16.9 Å². The molecule has 0 fully saturated rings. The third-order valence-corrected chi connectivity index (χ3v) is 4.37. The van der Waals surface area contributed by atoms with Gasteiger partial charge < -0.3 is 10.1 Å². The number of anilines is 1. The first-order chi connectivity index (χ1) is 15.4. The molecular weight excluding hydrogens is 410 g/mol. The van der Waals surface area contributed by atoms with Crippen molar-refractivity contribution in [3.63, 3.8) is 0 Å². The van der Waals surface area contributed by atoms with E-state index in [0.717, 1.165) is 5.56 Å². The molecule has 0 aliphatic heterocycles. The van der Waals surface area contributed by atoms with E-state index in [2.05, 4.69) is 5.32 Å². The van der Waals surface area contributed by atoms with Crippen LogP contribution in [0.1, 0.15) is 21.5 Å². The van der Waals surface area contributed by atoms with E-state index in [1.807, 2.05) is 25.1 Å². The fourth-order valence-electron chi connectivity index (χ4n) is 2.70. The summed E-state index contributed by atoms with van der Waals surface area (Å²) in [6, 6.07) is 20.5. The molecule has 1 amide bonds. The van der Waals surface area contributed by atoms with E-state index in [4.69, 9.17) is 4.74 Å². The van der Waals surface area contributed by atoms with Crippen molar-refractivity contribution in [2.24, 2.45) is 0 Å². The largest absolute Gasteiger partial charge is 0.423 e. The molecular formula is C24H17N3O5. The lowest BCUT2D eigenvalue weighted by atomic mass is 10.1. The lowest BCUT2D eigenvalue weighted by Gasteiger charge is -2.06. The average Bonchev–Trinajstić information content (AvgIpc) is 2.79. The highest BCUT2D eigenvalue weighted by Crippen LogP contribution is 2.19. The first-order valence-electron chi connectivity index (χ1n) is 9.42. The van der Waals surface area contributed by atoms with Crippen LogP contribution in [0.2, 0.25) is 0 Å². The Kier molecular flexibility index (Phi) is 6.73. The molecule has 0 spiro atoms. The minimum absolute atomic E-state index is 0.180. The fourth-order valence-corrected chi connectivity index (χ4v) is 2.70. The molecule has 0 aliphatic carbocycles. The summed E-state index contributed by atoms with van der Waals surface area (Å²) in [7, 11) is 0. The van der Waals surface area contributed by atoms with Crippen molar-refractivity contribution in [2.45, 2.75) is 6.92 Å². The molecule has 3 rings (SSSR count). The van der Waals surface area contributed by atoms with Crippen LogP contribution in [0, 0.1) is 28.4 Å². The number of nitriles is 1. The van der Waals surface area contributed by atoms with Gasteiger partial charge in [-0.25, -0.2) is 4.79 Å². The topological polar surface area (TPSA) is 122 Å². The smallest absolute Gasteiger partial charge is 0.343 e. The molecule has 0 atom stereocenters. The normalized spacial score (nSPS) is 10.7. The summed E-state index contributed by atoms with van der Waals surface area (Å²) in [5, 5.41) is 22.7. The number of hydrogen-bond acceptors (Lipinski definition) is 6. The van der Waals surface area contributed by atoms with Gasteiger partial charge >= 0.3 is 5.97 Å². The van der Waals surface area contributed by atoms with Gasteiger partial charge in [-0.3, -0.25) is 14.9 Å². The summed E-state index contributed by atoms with van der Waals surface area (Å²) in [5.41, 5.74) is 1.81. The minimum Gasteiger partial charge on any atom is -0.423 e. The Morgan fingerprint density at radius 3 is 2.38 bits per heavy atom. The molecule has 3 aromatic carbocycles. The van der Waals surface area contributed by atoms with E-state index in [1.54, 1.807) is 36.4 Å². The summed E-state index contributed by atoms with van der Waals surface area (Å²) in [4.78, 5) is 34.8. The van der Waals surface area contributed by atoms with Crippen molar-refractivity contribution in [1.82, 2.24) is 0 Å². The van der Waals surface area contributed by atoms with Gasteiger partial charge in [0, 0.05) is 17.8 Å². The fraction of sp³-hybridized carbons (Fsp3) is 0.0417. The van der Waals surface area contributed by atoms with Crippen LogP contribution in [0.25, 0.3) is 6.08 Å². The Labute approximate surface area is 183 Å². The molecule has 0 aromatic heterocycles. The number of non-ortho nitro benzene ring substituents is 1. The van der Waals surface area contributed by atoms with Crippen LogP contribution in [0.5, 0.6) is 5.75 Å². The van der Waals surface area contributed by atoms with Crippen molar-refractivity contribution in [3.8, 4) is 11.8 Å². The zero-order chi connectivity index (χ0) is 23.1. The third kappa shape index (κ3) is 5.64. The van der Waals surface area contributed by atoms with Crippen molar-refractivity contribution >= 4 is 29.3 Å². The first kappa shape index (κ1) is 21.9. The summed E-state index contributed by atoms with van der Waals surface area (Å²) in [6.45, 7) is 1.92. The molecule has 0 bridgehead atoms. The van der Waals surface area contributed by atoms with Crippen molar-refractivity contribution in [1.29, 1.82) is 5.26 Å². The Morgan fingerprint density at radius 1 is 1.06 bits per heavy atom. The third-order valence-electron chi connectivity index (χ3n) is 4.37. The highest BCUT2D eigenvalue weighted by molar-refractivity contribution is 6.09. The average molecular weight is 427 g/mol. The Balaban J connectivity index is 1.69. The predicted octanol–water partition coefficient (Wildman–Crippen LogP) is 4.67. The lowest BCUT2D eigenvalue weighted by Crippen LogP contribution is -2.13. The zero-order valence-corrected chi connectivity index (χ0v) is 16.9. The van der Waals surface area contributed by atoms with E-state index in [9.17, 15) is 25.0 Å². The number of ether oxygens (including phenoxy) is 1. The number of benzene rings is 3. The number of esters is 1. The van der Waals surface area contributed by atoms with Gasteiger partial charge in [0.25, 0.3) is 11.6 Å². The van der Waals surface area contributed by atoms with E-state index < -0.39 is 16.8 Å². The number of carbonyl (C=O) groups excluding carboxylic acids is 2. The SMILES string of the molecule is Cc1ccc(C(=O)Oc2ccc(/C=C(\C#N)C(=O)Nc3cccc([N+](=O)[O-])c3)cc2)cc1. The number of aryl methyl sites for hydroxylation is 1. The van der Waals surface area contributed by atoms with Gasteiger partial charge in [0.05, 0.1) is 10.5 Å². The maximum atomic E-state index is 12.4. The van der Waals surface area contributed by atoms with Crippen LogP contribution in [-0.4, -0.2) is 16.8 Å². The Bertz CT molecular complexity index is 1240. The van der Waals surface area contributed by atoms with Gasteiger partial charge in [0.15, 0.2) is 0 Å². The van der Waals surface area contributed by atoms with Gasteiger partial charge in [-0.15, -0.1) is 0 Å². The predicted molar refractivity (Wildman–Crippen MR) is 118 cm³/mol. The maximum absolute atomic E-state index is 12.4. The molecule has 0 aliphatic rings. The van der Waals surface area contributed by atoms with Gasteiger partial charge in [0.1, 0.15) is 17.4 Å². The molecule has 1 N–H and O–H groups in total. The molecule has 0 unspecified atom stereocenters. The molecule has 8 heteroatoms. The summed E-state index contributed by atoms with van der Waals surface area (Å²) in [5.74, 6) is -0.891. The highest BCUT2D eigenvalue weighted by atomic mass is 16.6. The number of amides is 1. The van der Waals surface area contributed by atoms with Crippen LogP contribution in [0.15, 0.2) is 78.4 Å². The van der Waals surface area contributed by atoms with Gasteiger partial charge in [-0.05, 0) is 48.9 Å². The van der Waals surface area contributed by atoms with Crippen molar-refractivity contribution in [3.05, 3.63) is 105 Å². The Hall–Kier alpha value is -4.77. The number of hydrogen-bond donors (Lipinski definition) is 1. The van der Waals surface area contributed by atoms with Crippen LogP contribution in [0.4, 0.5) is 11.4 Å². The zero-order valence-electron chi connectivity index (χ0n) is 16.9. The maximum Gasteiger partial charge on any atom is 0.343 e. The van der Waals surface area contributed by atoms with E-state index in [0.29, 0.717) is 16.9 Å². The summed E-state index contributed by atoms with van der Waals surface area (Å²) < 4.78 is 5.32. The molecule has 0 saturated heterocycles. The molecule has 0 radical (unpaired) electrons. The minimum atomic E-state index is -0.706. The monoisotopic (exact) mass is 427 g/mol. The second-order valence-electron chi connectivity index (χ2n) is 6.76. The number of carbonyl (C=O) groups is 2. The van der Waals surface area contributed by atoms with Crippen LogP contribution >= 0.6 is 0 Å². The first-order valence-corrected chi connectivity index (χ1v) is 9.42. The van der Waals surface area contributed by atoms with Gasteiger partial charge in [-0.2, -0.15) is 5.26 Å². The number of nitro groups is 1. The van der Waals surface area contributed by atoms with Crippen LogP contribution in [-0.2, 0) is 4.79 Å². The molecule has 8 nitrogen and oxygen atoms in total. The van der Waals surface area contributed by atoms with E-state index >= 15 is 0 Å². The molecule has 3 aromatic rings. The number of rotatable bonds is 6. The summed E-state index contributed by atoms with van der Waals surface area (Å²) in [6.07, 6.45) is 1.36. The van der Waals surface area contributed by atoms with E-state index in [1.165, 1.54) is 30.3 Å². The van der Waals surface area contributed by atoms with Gasteiger partial charge in [-0.1, -0.05) is 35.9 Å². The number of nitrogens with zero attached hydrogens (tertiary/aromatic N) is 2. The molecule has 0 saturated carbocycles. The molecule has 0 heterocycles.